The fraction of sp³-hybridized carbons (Fsp3) is 0.257. The molecule has 4 rings (SSSR count). The molecule has 0 spiro atoms. The average molecular weight is 667 g/mol. The summed E-state index contributed by atoms with van der Waals surface area (Å²) in [5, 5.41) is 3.70. The van der Waals surface area contributed by atoms with Gasteiger partial charge in [0.15, 0.2) is 0 Å². The van der Waals surface area contributed by atoms with Gasteiger partial charge in [-0.25, -0.2) is 8.42 Å². The molecular weight excluding hydrogens is 629 g/mol. The third-order valence-corrected chi connectivity index (χ3v) is 9.87. The van der Waals surface area contributed by atoms with Crippen molar-refractivity contribution in [1.82, 2.24) is 10.2 Å². The van der Waals surface area contributed by atoms with Crippen LogP contribution >= 0.6 is 23.2 Å². The lowest BCUT2D eigenvalue weighted by molar-refractivity contribution is -0.140. The molecule has 0 saturated heterocycles. The van der Waals surface area contributed by atoms with Crippen molar-refractivity contribution in [3.8, 4) is 0 Å². The minimum Gasteiger partial charge on any atom is -0.352 e. The van der Waals surface area contributed by atoms with Gasteiger partial charge in [0.2, 0.25) is 11.8 Å². The molecule has 7 nitrogen and oxygen atoms in total. The Morgan fingerprint density at radius 1 is 0.844 bits per heavy atom. The number of carbonyl (C=O) groups is 2. The SMILES string of the molecule is Cc1cccc(N(CC(=O)N(Cc2ccc(Cl)cc2Cl)C(Cc2ccccc2)C(=O)NC(C)C)S(=O)(=O)c2ccccc2)c1C. The molecule has 236 valence electrons. The number of aryl methyl sites for hydroxylation is 1. The Morgan fingerprint density at radius 3 is 2.11 bits per heavy atom. The molecule has 0 bridgehead atoms. The number of amides is 2. The Hall–Kier alpha value is -3.85. The van der Waals surface area contributed by atoms with Crippen molar-refractivity contribution in [1.29, 1.82) is 0 Å². The van der Waals surface area contributed by atoms with Crippen LogP contribution in [0.25, 0.3) is 0 Å². The molecule has 0 heterocycles. The number of anilines is 1. The molecule has 0 saturated carbocycles. The van der Waals surface area contributed by atoms with Crippen LogP contribution in [-0.4, -0.2) is 43.8 Å². The Bertz CT molecular complexity index is 1750. The van der Waals surface area contributed by atoms with E-state index in [1.807, 2.05) is 64.1 Å². The first kappa shape index (κ1) is 34.0. The molecule has 1 N–H and O–H groups in total. The maximum Gasteiger partial charge on any atom is 0.264 e. The van der Waals surface area contributed by atoms with Crippen molar-refractivity contribution >= 4 is 50.7 Å². The summed E-state index contributed by atoms with van der Waals surface area (Å²) in [5.74, 6) is -0.933. The van der Waals surface area contributed by atoms with Gasteiger partial charge in [-0.05, 0) is 80.3 Å². The summed E-state index contributed by atoms with van der Waals surface area (Å²) < 4.78 is 29.5. The Morgan fingerprint density at radius 2 is 1.49 bits per heavy atom. The molecule has 45 heavy (non-hydrogen) atoms. The molecule has 0 aliphatic heterocycles. The summed E-state index contributed by atoms with van der Waals surface area (Å²) in [5.41, 5.74) is 3.37. The lowest BCUT2D eigenvalue weighted by Crippen LogP contribution is -2.54. The lowest BCUT2D eigenvalue weighted by Gasteiger charge is -2.34. The molecular formula is C35H37Cl2N3O4S. The zero-order valence-corrected chi connectivity index (χ0v) is 28.0. The number of sulfonamides is 1. The van der Waals surface area contributed by atoms with E-state index in [0.29, 0.717) is 21.3 Å². The number of hydrogen-bond acceptors (Lipinski definition) is 4. The molecule has 0 aromatic heterocycles. The van der Waals surface area contributed by atoms with Crippen molar-refractivity contribution in [3.05, 3.63) is 129 Å². The molecule has 1 unspecified atom stereocenters. The molecule has 0 aliphatic rings. The summed E-state index contributed by atoms with van der Waals surface area (Å²) in [4.78, 5) is 29.9. The fourth-order valence-electron chi connectivity index (χ4n) is 5.01. The predicted octanol–water partition coefficient (Wildman–Crippen LogP) is 6.97. The molecule has 4 aromatic carbocycles. The number of halogens is 2. The van der Waals surface area contributed by atoms with E-state index in [1.54, 1.807) is 48.5 Å². The number of rotatable bonds is 12. The van der Waals surface area contributed by atoms with E-state index in [1.165, 1.54) is 17.0 Å². The molecule has 4 aromatic rings. The molecule has 10 heteroatoms. The van der Waals surface area contributed by atoms with E-state index >= 15 is 0 Å². The van der Waals surface area contributed by atoms with Crippen LogP contribution in [0.1, 0.15) is 36.1 Å². The largest absolute Gasteiger partial charge is 0.352 e. The second-order valence-corrected chi connectivity index (χ2v) is 13.9. The van der Waals surface area contributed by atoms with E-state index < -0.39 is 28.5 Å². The zero-order chi connectivity index (χ0) is 32.7. The van der Waals surface area contributed by atoms with Gasteiger partial charge < -0.3 is 10.2 Å². The van der Waals surface area contributed by atoms with E-state index in [2.05, 4.69) is 5.32 Å². The number of nitrogens with one attached hydrogen (secondary N) is 1. The van der Waals surface area contributed by atoms with E-state index in [9.17, 15) is 18.0 Å². The highest BCUT2D eigenvalue weighted by molar-refractivity contribution is 7.92. The second-order valence-electron chi connectivity index (χ2n) is 11.2. The predicted molar refractivity (Wildman–Crippen MR) is 181 cm³/mol. The first-order chi connectivity index (χ1) is 21.4. The number of benzene rings is 4. The monoisotopic (exact) mass is 665 g/mol. The summed E-state index contributed by atoms with van der Waals surface area (Å²) >= 11 is 12.7. The van der Waals surface area contributed by atoms with Gasteiger partial charge in [0.25, 0.3) is 10.0 Å². The topological polar surface area (TPSA) is 86.8 Å². The Labute approximate surface area is 275 Å². The van der Waals surface area contributed by atoms with Gasteiger partial charge in [0.1, 0.15) is 12.6 Å². The normalized spacial score (nSPS) is 12.1. The van der Waals surface area contributed by atoms with Crippen molar-refractivity contribution in [2.45, 2.75) is 57.6 Å². The van der Waals surface area contributed by atoms with Crippen LogP contribution in [-0.2, 0) is 32.6 Å². The molecule has 1 atom stereocenters. The van der Waals surface area contributed by atoms with Gasteiger partial charge in [0.05, 0.1) is 10.6 Å². The summed E-state index contributed by atoms with van der Waals surface area (Å²) in [7, 11) is -4.19. The maximum absolute atomic E-state index is 14.6. The zero-order valence-electron chi connectivity index (χ0n) is 25.7. The summed E-state index contributed by atoms with van der Waals surface area (Å²) in [6.45, 7) is 6.79. The van der Waals surface area contributed by atoms with Crippen molar-refractivity contribution in [2.75, 3.05) is 10.8 Å². The standard InChI is InChI=1S/C35H37Cl2N3O4S/c1-24(2)38-35(42)33(20-27-13-7-5-8-14-27)39(22-28-18-19-29(36)21-31(28)37)34(41)23-40(32-17-11-12-25(3)26(32)4)45(43,44)30-15-9-6-10-16-30/h5-19,21,24,33H,20,22-23H2,1-4H3,(H,38,42). The summed E-state index contributed by atoms with van der Waals surface area (Å²) in [6.07, 6.45) is 0.200. The second kappa shape index (κ2) is 15.0. The number of nitrogens with zero attached hydrogens (tertiary/aromatic N) is 2. The van der Waals surface area contributed by atoms with Crippen LogP contribution in [0, 0.1) is 13.8 Å². The van der Waals surface area contributed by atoms with Gasteiger partial charge in [-0.2, -0.15) is 0 Å². The highest BCUT2D eigenvalue weighted by atomic mass is 35.5. The average Bonchev–Trinajstić information content (AvgIpc) is 3.00. The quantitative estimate of drug-likeness (QED) is 0.177. The Balaban J connectivity index is 1.85. The third-order valence-electron chi connectivity index (χ3n) is 7.51. The van der Waals surface area contributed by atoms with E-state index in [-0.39, 0.29) is 29.8 Å². The van der Waals surface area contributed by atoms with Gasteiger partial charge in [-0.15, -0.1) is 0 Å². The van der Waals surface area contributed by atoms with Gasteiger partial charge in [-0.3, -0.25) is 13.9 Å². The highest BCUT2D eigenvalue weighted by Crippen LogP contribution is 2.30. The number of carbonyl (C=O) groups excluding carboxylic acids is 2. The minimum absolute atomic E-state index is 0.0457. The van der Waals surface area contributed by atoms with Gasteiger partial charge >= 0.3 is 0 Å². The smallest absolute Gasteiger partial charge is 0.264 e. The summed E-state index contributed by atoms with van der Waals surface area (Å²) in [6, 6.07) is 26.5. The molecule has 0 radical (unpaired) electrons. The van der Waals surface area contributed by atoms with Crippen molar-refractivity contribution in [2.24, 2.45) is 0 Å². The van der Waals surface area contributed by atoms with Gasteiger partial charge in [0, 0.05) is 29.1 Å². The van der Waals surface area contributed by atoms with Crippen LogP contribution < -0.4 is 9.62 Å². The number of hydrogen-bond donors (Lipinski definition) is 1. The lowest BCUT2D eigenvalue weighted by atomic mass is 10.0. The van der Waals surface area contributed by atoms with Crippen molar-refractivity contribution in [3.63, 3.8) is 0 Å². The molecule has 0 aliphatic carbocycles. The maximum atomic E-state index is 14.6. The van der Waals surface area contributed by atoms with Crippen LogP contribution in [0.3, 0.4) is 0 Å². The first-order valence-corrected chi connectivity index (χ1v) is 16.8. The van der Waals surface area contributed by atoms with Crippen LogP contribution in [0.5, 0.6) is 0 Å². The van der Waals surface area contributed by atoms with Crippen LogP contribution in [0.15, 0.2) is 102 Å². The van der Waals surface area contributed by atoms with Crippen LogP contribution in [0.4, 0.5) is 5.69 Å². The third kappa shape index (κ3) is 8.45. The Kier molecular flexibility index (Phi) is 11.3. The van der Waals surface area contributed by atoms with Gasteiger partial charge in [-0.1, -0.05) is 89.9 Å². The van der Waals surface area contributed by atoms with Crippen LogP contribution in [0.2, 0.25) is 10.0 Å². The van der Waals surface area contributed by atoms with E-state index in [0.717, 1.165) is 21.0 Å². The highest BCUT2D eigenvalue weighted by Gasteiger charge is 2.35. The molecule has 0 fully saturated rings. The van der Waals surface area contributed by atoms with Crippen molar-refractivity contribution < 1.29 is 18.0 Å². The molecule has 2 amide bonds. The first-order valence-electron chi connectivity index (χ1n) is 14.6. The van der Waals surface area contributed by atoms with E-state index in [4.69, 9.17) is 23.2 Å². The fourth-order valence-corrected chi connectivity index (χ4v) is 6.97. The minimum atomic E-state index is -4.19.